The maximum absolute atomic E-state index is 12.6. The van der Waals surface area contributed by atoms with E-state index in [1.807, 2.05) is 0 Å². The molecule has 0 aliphatic heterocycles. The van der Waals surface area contributed by atoms with Crippen molar-refractivity contribution in [2.24, 2.45) is 0 Å². The van der Waals surface area contributed by atoms with Crippen molar-refractivity contribution in [3.8, 4) is 23.3 Å². The standard InChI is InChI=1S/C18H8Cl2F6N2O2/c19-13-5-9(17(21,22)23)7-27-15(13)29-11-1-2-12(4-3-11)30-16-14(20)6-10(8-28-16)18(24,25)26/h1-8H. The molecule has 0 amide bonds. The van der Waals surface area contributed by atoms with Crippen LogP contribution >= 0.6 is 23.2 Å². The summed E-state index contributed by atoms with van der Waals surface area (Å²) in [5.74, 6) is -0.150. The van der Waals surface area contributed by atoms with E-state index in [1.165, 1.54) is 24.3 Å². The Hall–Kier alpha value is -2.72. The summed E-state index contributed by atoms with van der Waals surface area (Å²) in [6.07, 6.45) is -8.03. The first-order valence-electron chi connectivity index (χ1n) is 7.85. The van der Waals surface area contributed by atoms with Gasteiger partial charge in [0.1, 0.15) is 21.5 Å². The van der Waals surface area contributed by atoms with Crippen LogP contribution in [0.3, 0.4) is 0 Å². The Balaban J connectivity index is 1.72. The summed E-state index contributed by atoms with van der Waals surface area (Å²) in [6.45, 7) is 0. The lowest BCUT2D eigenvalue weighted by Gasteiger charge is -2.11. The average Bonchev–Trinajstić information content (AvgIpc) is 2.65. The molecule has 2 heterocycles. The monoisotopic (exact) mass is 468 g/mol. The number of nitrogens with zero attached hydrogens (tertiary/aromatic N) is 2. The molecule has 0 saturated heterocycles. The van der Waals surface area contributed by atoms with Crippen molar-refractivity contribution in [1.29, 1.82) is 0 Å². The Labute approximate surface area is 175 Å². The van der Waals surface area contributed by atoms with Crippen LogP contribution in [0.2, 0.25) is 10.0 Å². The summed E-state index contributed by atoms with van der Waals surface area (Å²) in [5, 5.41) is -0.684. The van der Waals surface area contributed by atoms with Gasteiger partial charge in [-0.3, -0.25) is 0 Å². The van der Waals surface area contributed by atoms with Gasteiger partial charge in [0.25, 0.3) is 0 Å². The van der Waals surface area contributed by atoms with E-state index in [-0.39, 0.29) is 33.3 Å². The smallest absolute Gasteiger partial charge is 0.417 e. The van der Waals surface area contributed by atoms with Crippen molar-refractivity contribution in [1.82, 2.24) is 9.97 Å². The highest BCUT2D eigenvalue weighted by atomic mass is 35.5. The van der Waals surface area contributed by atoms with Crippen LogP contribution in [0, 0.1) is 0 Å². The Morgan fingerprint density at radius 1 is 0.633 bits per heavy atom. The minimum atomic E-state index is -4.60. The molecule has 0 spiro atoms. The van der Waals surface area contributed by atoms with Gasteiger partial charge >= 0.3 is 12.4 Å². The molecule has 0 unspecified atom stereocenters. The van der Waals surface area contributed by atoms with Crippen molar-refractivity contribution in [3.63, 3.8) is 0 Å². The highest BCUT2D eigenvalue weighted by Crippen LogP contribution is 2.36. The topological polar surface area (TPSA) is 44.2 Å². The van der Waals surface area contributed by atoms with E-state index < -0.39 is 23.5 Å². The molecule has 0 radical (unpaired) electrons. The van der Waals surface area contributed by atoms with Crippen molar-refractivity contribution < 1.29 is 35.8 Å². The number of ether oxygens (including phenoxy) is 2. The van der Waals surface area contributed by atoms with E-state index in [4.69, 9.17) is 32.7 Å². The van der Waals surface area contributed by atoms with Gasteiger partial charge in [0, 0.05) is 12.4 Å². The van der Waals surface area contributed by atoms with E-state index >= 15 is 0 Å². The Kier molecular flexibility index (Phi) is 6.00. The summed E-state index contributed by atoms with van der Waals surface area (Å²) in [5.41, 5.74) is -2.05. The Bertz CT molecular complexity index is 972. The quantitative estimate of drug-likeness (QED) is 0.374. The lowest BCUT2D eigenvalue weighted by molar-refractivity contribution is -0.138. The van der Waals surface area contributed by atoms with Gasteiger partial charge in [0.2, 0.25) is 11.8 Å². The van der Waals surface area contributed by atoms with Crippen LogP contribution in [-0.4, -0.2) is 9.97 Å². The summed E-state index contributed by atoms with van der Waals surface area (Å²) in [4.78, 5) is 7.09. The molecule has 0 aliphatic rings. The lowest BCUT2D eigenvalue weighted by atomic mass is 10.3. The van der Waals surface area contributed by atoms with Crippen molar-refractivity contribution >= 4 is 23.2 Å². The van der Waals surface area contributed by atoms with Crippen molar-refractivity contribution in [3.05, 3.63) is 70.0 Å². The SMILES string of the molecule is FC(F)(F)c1cnc(Oc2ccc(Oc3ncc(C(F)(F)F)cc3Cl)cc2)c(Cl)c1. The highest BCUT2D eigenvalue weighted by Gasteiger charge is 2.32. The van der Waals surface area contributed by atoms with E-state index in [0.29, 0.717) is 24.5 Å². The van der Waals surface area contributed by atoms with Crippen molar-refractivity contribution in [2.45, 2.75) is 12.4 Å². The van der Waals surface area contributed by atoms with E-state index in [0.717, 1.165) is 0 Å². The van der Waals surface area contributed by atoms with Gasteiger partial charge in [-0.05, 0) is 36.4 Å². The van der Waals surface area contributed by atoms with E-state index in [2.05, 4.69) is 9.97 Å². The second-order valence-corrected chi connectivity index (χ2v) is 6.51. The zero-order valence-corrected chi connectivity index (χ0v) is 15.9. The molecule has 0 N–H and O–H groups in total. The Morgan fingerprint density at radius 2 is 0.967 bits per heavy atom. The Morgan fingerprint density at radius 3 is 1.23 bits per heavy atom. The van der Waals surface area contributed by atoms with Crippen LogP contribution in [-0.2, 0) is 12.4 Å². The van der Waals surface area contributed by atoms with Gasteiger partial charge in [0.15, 0.2) is 0 Å². The van der Waals surface area contributed by atoms with Crippen LogP contribution in [0.25, 0.3) is 0 Å². The summed E-state index contributed by atoms with van der Waals surface area (Å²) in [7, 11) is 0. The fraction of sp³-hybridized carbons (Fsp3) is 0.111. The van der Waals surface area contributed by atoms with Crippen molar-refractivity contribution in [2.75, 3.05) is 0 Å². The number of aromatic nitrogens is 2. The molecule has 0 atom stereocenters. The molecule has 158 valence electrons. The molecule has 1 aromatic carbocycles. The molecule has 2 aromatic heterocycles. The first-order chi connectivity index (χ1) is 13.9. The number of hydrogen-bond donors (Lipinski definition) is 0. The summed E-state index contributed by atoms with van der Waals surface area (Å²) >= 11 is 11.5. The third kappa shape index (κ3) is 5.25. The van der Waals surface area contributed by atoms with Gasteiger partial charge in [0.05, 0.1) is 11.1 Å². The molecular weight excluding hydrogens is 461 g/mol. The minimum absolute atomic E-state index is 0.169. The largest absolute Gasteiger partial charge is 0.438 e. The maximum atomic E-state index is 12.6. The minimum Gasteiger partial charge on any atom is -0.438 e. The number of halogens is 8. The lowest BCUT2D eigenvalue weighted by Crippen LogP contribution is -2.06. The molecule has 0 bridgehead atoms. The molecule has 0 saturated carbocycles. The van der Waals surface area contributed by atoms with Gasteiger partial charge in [-0.2, -0.15) is 26.3 Å². The summed E-state index contributed by atoms with van der Waals surface area (Å²) < 4.78 is 86.5. The molecule has 3 aromatic rings. The van der Waals surface area contributed by atoms with E-state index in [9.17, 15) is 26.3 Å². The molecule has 0 fully saturated rings. The number of pyridine rings is 2. The van der Waals surface area contributed by atoms with Gasteiger partial charge in [-0.25, -0.2) is 9.97 Å². The predicted molar refractivity (Wildman–Crippen MR) is 95.1 cm³/mol. The van der Waals surface area contributed by atoms with Gasteiger partial charge < -0.3 is 9.47 Å². The van der Waals surface area contributed by atoms with Crippen LogP contribution in [0.1, 0.15) is 11.1 Å². The van der Waals surface area contributed by atoms with Crippen LogP contribution in [0.4, 0.5) is 26.3 Å². The van der Waals surface area contributed by atoms with E-state index in [1.54, 1.807) is 0 Å². The van der Waals surface area contributed by atoms with Gasteiger partial charge in [-0.1, -0.05) is 23.2 Å². The zero-order valence-electron chi connectivity index (χ0n) is 14.4. The fourth-order valence-corrected chi connectivity index (χ4v) is 2.52. The second-order valence-electron chi connectivity index (χ2n) is 5.69. The molecule has 0 aliphatic carbocycles. The molecule has 3 rings (SSSR count). The molecule has 12 heteroatoms. The second kappa shape index (κ2) is 8.19. The first kappa shape index (κ1) is 22.0. The predicted octanol–water partition coefficient (Wildman–Crippen LogP) is 7.41. The van der Waals surface area contributed by atoms with Crippen LogP contribution < -0.4 is 9.47 Å². The average molecular weight is 469 g/mol. The summed E-state index contributed by atoms with van der Waals surface area (Å²) in [6, 6.07) is 6.87. The third-order valence-electron chi connectivity index (χ3n) is 3.52. The van der Waals surface area contributed by atoms with Crippen LogP contribution in [0.5, 0.6) is 23.3 Å². The highest BCUT2D eigenvalue weighted by molar-refractivity contribution is 6.32. The fourth-order valence-electron chi connectivity index (χ4n) is 2.11. The third-order valence-corrected chi connectivity index (χ3v) is 4.06. The first-order valence-corrected chi connectivity index (χ1v) is 8.60. The molecule has 30 heavy (non-hydrogen) atoms. The number of alkyl halides is 6. The maximum Gasteiger partial charge on any atom is 0.417 e. The van der Waals surface area contributed by atoms with Crippen LogP contribution in [0.15, 0.2) is 48.8 Å². The number of rotatable bonds is 4. The number of hydrogen-bond acceptors (Lipinski definition) is 4. The van der Waals surface area contributed by atoms with Gasteiger partial charge in [-0.15, -0.1) is 0 Å². The number of benzene rings is 1. The molecule has 4 nitrogen and oxygen atoms in total. The zero-order chi connectivity index (χ0) is 22.1. The molecular formula is C18H8Cl2F6N2O2. The normalized spacial score (nSPS) is 12.0.